The summed E-state index contributed by atoms with van der Waals surface area (Å²) in [6, 6.07) is 3.89. The molecule has 0 aliphatic carbocycles. The van der Waals surface area contributed by atoms with Crippen LogP contribution in [0.3, 0.4) is 0 Å². The highest BCUT2D eigenvalue weighted by molar-refractivity contribution is 7.89. The molecule has 0 radical (unpaired) electrons. The summed E-state index contributed by atoms with van der Waals surface area (Å²) in [5.74, 6) is 0.315. The number of hydrogen-bond donors (Lipinski definition) is 1. The number of rotatable bonds is 6. The van der Waals surface area contributed by atoms with Crippen molar-refractivity contribution in [2.45, 2.75) is 24.3 Å². The van der Waals surface area contributed by atoms with Gasteiger partial charge in [-0.05, 0) is 19.1 Å². The number of benzene rings is 1. The zero-order chi connectivity index (χ0) is 21.7. The van der Waals surface area contributed by atoms with E-state index in [-0.39, 0.29) is 49.5 Å². The van der Waals surface area contributed by atoms with Crippen molar-refractivity contribution in [3.05, 3.63) is 18.2 Å². The SMILES string of the molecule is COCC(=O)N[C@@H](C)C(=O)N1CCN(S(=O)(=O)c2ccc3c(c2)OCCCO3)CC1. The number of amides is 2. The van der Waals surface area contributed by atoms with Gasteiger partial charge in [0.25, 0.3) is 0 Å². The van der Waals surface area contributed by atoms with E-state index in [1.807, 2.05) is 0 Å². The topological polar surface area (TPSA) is 114 Å². The Balaban J connectivity index is 1.62. The Morgan fingerprint density at radius 1 is 1.13 bits per heavy atom. The number of nitrogens with zero attached hydrogens (tertiary/aromatic N) is 2. The number of nitrogens with one attached hydrogen (secondary N) is 1. The van der Waals surface area contributed by atoms with E-state index in [9.17, 15) is 18.0 Å². The normalized spacial score (nSPS) is 18.4. The third-order valence-corrected chi connectivity index (χ3v) is 6.83. The van der Waals surface area contributed by atoms with Gasteiger partial charge in [0.1, 0.15) is 12.6 Å². The Morgan fingerprint density at radius 2 is 1.80 bits per heavy atom. The van der Waals surface area contributed by atoms with E-state index in [1.165, 1.54) is 23.5 Å². The lowest BCUT2D eigenvalue weighted by molar-refractivity contribution is -0.137. The van der Waals surface area contributed by atoms with Crippen LogP contribution in [-0.4, -0.2) is 88.6 Å². The van der Waals surface area contributed by atoms with Crippen LogP contribution in [0.1, 0.15) is 13.3 Å². The summed E-state index contributed by atoms with van der Waals surface area (Å²) in [5, 5.41) is 2.57. The van der Waals surface area contributed by atoms with Crippen molar-refractivity contribution in [2.24, 2.45) is 0 Å². The molecule has 0 spiro atoms. The second-order valence-corrected chi connectivity index (χ2v) is 9.05. The van der Waals surface area contributed by atoms with Crippen LogP contribution in [0.5, 0.6) is 11.5 Å². The predicted molar refractivity (Wildman–Crippen MR) is 107 cm³/mol. The molecule has 1 fully saturated rings. The van der Waals surface area contributed by atoms with E-state index >= 15 is 0 Å². The first kappa shape index (κ1) is 22.3. The minimum absolute atomic E-state index is 0.126. The fourth-order valence-electron chi connectivity index (χ4n) is 3.35. The molecule has 10 nitrogen and oxygen atoms in total. The second-order valence-electron chi connectivity index (χ2n) is 7.11. The molecular formula is C19H27N3O7S. The molecule has 2 heterocycles. The molecule has 1 aromatic carbocycles. The molecule has 11 heteroatoms. The van der Waals surface area contributed by atoms with Crippen molar-refractivity contribution < 1.29 is 32.2 Å². The van der Waals surface area contributed by atoms with Gasteiger partial charge in [0.2, 0.25) is 21.8 Å². The van der Waals surface area contributed by atoms with Crippen LogP contribution < -0.4 is 14.8 Å². The third-order valence-electron chi connectivity index (χ3n) is 4.93. The van der Waals surface area contributed by atoms with E-state index in [4.69, 9.17) is 14.2 Å². The van der Waals surface area contributed by atoms with Crippen molar-refractivity contribution in [3.8, 4) is 11.5 Å². The zero-order valence-corrected chi connectivity index (χ0v) is 17.9. The second kappa shape index (κ2) is 9.63. The number of sulfonamides is 1. The van der Waals surface area contributed by atoms with E-state index < -0.39 is 16.1 Å². The molecule has 1 aromatic rings. The Labute approximate surface area is 176 Å². The van der Waals surface area contributed by atoms with Gasteiger partial charge < -0.3 is 24.4 Å². The summed E-state index contributed by atoms with van der Waals surface area (Å²) in [5.41, 5.74) is 0. The molecule has 166 valence electrons. The first-order valence-electron chi connectivity index (χ1n) is 9.80. The van der Waals surface area contributed by atoms with Crippen molar-refractivity contribution in [3.63, 3.8) is 0 Å². The Hall–Kier alpha value is -2.37. The van der Waals surface area contributed by atoms with E-state index in [0.717, 1.165) is 6.42 Å². The Morgan fingerprint density at radius 3 is 2.47 bits per heavy atom. The van der Waals surface area contributed by atoms with Gasteiger partial charge in [-0.15, -0.1) is 0 Å². The number of carbonyl (C=O) groups excluding carboxylic acids is 2. The number of hydrogen-bond acceptors (Lipinski definition) is 7. The van der Waals surface area contributed by atoms with Gasteiger partial charge >= 0.3 is 0 Å². The van der Waals surface area contributed by atoms with Gasteiger partial charge in [0.05, 0.1) is 18.1 Å². The highest BCUT2D eigenvalue weighted by Crippen LogP contribution is 2.33. The summed E-state index contributed by atoms with van der Waals surface area (Å²) < 4.78 is 43.3. The maximum absolute atomic E-state index is 13.0. The maximum atomic E-state index is 13.0. The van der Waals surface area contributed by atoms with Gasteiger partial charge in [-0.1, -0.05) is 0 Å². The molecule has 2 aliphatic rings. The monoisotopic (exact) mass is 441 g/mol. The van der Waals surface area contributed by atoms with E-state index in [1.54, 1.807) is 17.9 Å². The van der Waals surface area contributed by atoms with Crippen LogP contribution in [0.15, 0.2) is 23.1 Å². The summed E-state index contributed by atoms with van der Waals surface area (Å²) >= 11 is 0. The number of methoxy groups -OCH3 is 1. The van der Waals surface area contributed by atoms with E-state index in [0.29, 0.717) is 24.7 Å². The highest BCUT2D eigenvalue weighted by Gasteiger charge is 2.32. The molecule has 3 rings (SSSR count). The molecule has 0 aromatic heterocycles. The van der Waals surface area contributed by atoms with Gasteiger partial charge in [-0.25, -0.2) is 8.42 Å². The fraction of sp³-hybridized carbons (Fsp3) is 0.579. The van der Waals surface area contributed by atoms with Gasteiger partial charge in [-0.3, -0.25) is 9.59 Å². The molecule has 0 bridgehead atoms. The van der Waals surface area contributed by atoms with Crippen LogP contribution in [0, 0.1) is 0 Å². The molecule has 2 aliphatic heterocycles. The zero-order valence-electron chi connectivity index (χ0n) is 17.1. The number of carbonyl (C=O) groups is 2. The third kappa shape index (κ3) is 5.02. The largest absolute Gasteiger partial charge is 0.490 e. The van der Waals surface area contributed by atoms with Crippen molar-refractivity contribution in [1.29, 1.82) is 0 Å². The van der Waals surface area contributed by atoms with Crippen LogP contribution in [0.4, 0.5) is 0 Å². The molecular weight excluding hydrogens is 414 g/mol. The molecule has 0 saturated carbocycles. The summed E-state index contributed by atoms with van der Waals surface area (Å²) in [6.07, 6.45) is 0.733. The summed E-state index contributed by atoms with van der Waals surface area (Å²) in [7, 11) is -2.33. The van der Waals surface area contributed by atoms with Gasteiger partial charge in [-0.2, -0.15) is 4.31 Å². The average molecular weight is 442 g/mol. The molecule has 0 unspecified atom stereocenters. The lowest BCUT2D eigenvalue weighted by Gasteiger charge is -2.35. The van der Waals surface area contributed by atoms with Crippen LogP contribution in [-0.2, 0) is 24.3 Å². The lowest BCUT2D eigenvalue weighted by atomic mass is 10.2. The van der Waals surface area contributed by atoms with Crippen LogP contribution in [0.25, 0.3) is 0 Å². The Kier molecular flexibility index (Phi) is 7.16. The smallest absolute Gasteiger partial charge is 0.246 e. The molecule has 1 saturated heterocycles. The minimum Gasteiger partial charge on any atom is -0.490 e. The number of piperazine rings is 1. The predicted octanol–water partition coefficient (Wildman–Crippen LogP) is -0.168. The first-order valence-corrected chi connectivity index (χ1v) is 11.2. The quantitative estimate of drug-likeness (QED) is 0.652. The van der Waals surface area contributed by atoms with Crippen molar-refractivity contribution >= 4 is 21.8 Å². The first-order chi connectivity index (χ1) is 14.3. The van der Waals surface area contributed by atoms with Crippen LogP contribution in [0.2, 0.25) is 0 Å². The number of fused-ring (bicyclic) bond motifs is 1. The minimum atomic E-state index is -3.73. The van der Waals surface area contributed by atoms with Crippen LogP contribution >= 0.6 is 0 Å². The van der Waals surface area contributed by atoms with Crippen molar-refractivity contribution in [2.75, 3.05) is 53.1 Å². The molecule has 30 heavy (non-hydrogen) atoms. The molecule has 1 atom stereocenters. The molecule has 1 N–H and O–H groups in total. The average Bonchev–Trinajstić information content (AvgIpc) is 2.98. The van der Waals surface area contributed by atoms with Crippen molar-refractivity contribution in [1.82, 2.24) is 14.5 Å². The summed E-state index contributed by atoms with van der Waals surface area (Å²) in [6.45, 7) is 3.29. The maximum Gasteiger partial charge on any atom is 0.246 e. The fourth-order valence-corrected chi connectivity index (χ4v) is 4.79. The summed E-state index contributed by atoms with van der Waals surface area (Å²) in [4.78, 5) is 25.8. The number of ether oxygens (including phenoxy) is 3. The lowest BCUT2D eigenvalue weighted by Crippen LogP contribution is -2.55. The standard InChI is InChI=1S/C19H27N3O7S/c1-14(20-18(23)13-27-2)19(24)21-6-8-22(9-7-21)30(25,26)15-4-5-16-17(12-15)29-11-3-10-28-16/h4-5,12,14H,3,6-11,13H2,1-2H3,(H,20,23)/t14-/m0/s1. The van der Waals surface area contributed by atoms with E-state index in [2.05, 4.69) is 5.32 Å². The highest BCUT2D eigenvalue weighted by atomic mass is 32.2. The Bertz CT molecular complexity index is 882. The molecule has 2 amide bonds. The van der Waals surface area contributed by atoms with Gasteiger partial charge in [0.15, 0.2) is 11.5 Å². The van der Waals surface area contributed by atoms with Gasteiger partial charge in [0, 0.05) is 45.8 Å².